The van der Waals surface area contributed by atoms with Crippen molar-refractivity contribution in [2.75, 3.05) is 0 Å². The van der Waals surface area contributed by atoms with Crippen LogP contribution in [-0.2, 0) is 25.7 Å². The van der Waals surface area contributed by atoms with Crippen LogP contribution in [0, 0.1) is 0 Å². The number of nitrogens with zero attached hydrogens (tertiary/aromatic N) is 1. The van der Waals surface area contributed by atoms with E-state index in [1.807, 2.05) is 0 Å². The second kappa shape index (κ2) is 14.8. The molecule has 0 saturated heterocycles. The summed E-state index contributed by atoms with van der Waals surface area (Å²) in [6.07, 6.45) is 13.9. The monoisotopic (exact) mass is 586 g/mol. The Labute approximate surface area is 264 Å². The molecular weight excluding hydrogens is 536 g/mol. The highest BCUT2D eigenvalue weighted by Crippen LogP contribution is 2.36. The summed E-state index contributed by atoms with van der Waals surface area (Å²) < 4.78 is 1.72. The highest BCUT2D eigenvalue weighted by molar-refractivity contribution is 6.14. The Hall–Kier alpha value is -3.85. The van der Waals surface area contributed by atoms with Crippen LogP contribution < -0.4 is 5.73 Å². The molecule has 44 heavy (non-hydrogen) atoms. The predicted molar refractivity (Wildman–Crippen MR) is 190 cm³/mol. The van der Waals surface area contributed by atoms with Gasteiger partial charge in [-0.3, -0.25) is 4.57 Å². The van der Waals surface area contributed by atoms with Crippen molar-refractivity contribution in [2.24, 2.45) is 5.73 Å². The van der Waals surface area contributed by atoms with E-state index in [2.05, 4.69) is 100 Å². The Balaban J connectivity index is 1.62. The molecule has 0 spiro atoms. The first-order valence-electron chi connectivity index (χ1n) is 17.1. The van der Waals surface area contributed by atoms with Gasteiger partial charge in [-0.15, -0.1) is 0 Å². The van der Waals surface area contributed by atoms with E-state index in [-0.39, 0.29) is 0 Å². The number of aromatic nitrogens is 1. The largest absolute Gasteiger partial charge is 0.351 e. The molecule has 5 aromatic rings. The fourth-order valence-corrected chi connectivity index (χ4v) is 6.57. The van der Waals surface area contributed by atoms with Gasteiger partial charge in [0.05, 0.1) is 11.0 Å². The molecule has 1 amide bonds. The zero-order valence-corrected chi connectivity index (χ0v) is 27.3. The number of aryl methyl sites for hydroxylation is 4. The number of carbonyl (C=O) groups excluding carboxylic acids is 1. The summed E-state index contributed by atoms with van der Waals surface area (Å²) in [7, 11) is 0. The number of hydrogen-bond donors (Lipinski definition) is 1. The fourth-order valence-electron chi connectivity index (χ4n) is 6.57. The molecule has 0 fully saturated rings. The zero-order chi connectivity index (χ0) is 31.1. The number of hydrogen-bond acceptors (Lipinski definition) is 1. The smallest absolute Gasteiger partial charge is 0.323 e. The van der Waals surface area contributed by atoms with Crippen LogP contribution in [0.5, 0.6) is 0 Å². The van der Waals surface area contributed by atoms with Gasteiger partial charge in [-0.25, -0.2) is 4.79 Å². The molecule has 5 rings (SSSR count). The van der Waals surface area contributed by atoms with Gasteiger partial charge in [0.2, 0.25) is 0 Å². The van der Waals surface area contributed by atoms with Gasteiger partial charge in [0.15, 0.2) is 0 Å². The standard InChI is InChI=1S/C41H50N2O/c1-5-9-13-29-21-30(14-10-6-2)24-35(23-29)33-17-19-37-38-20-18-34(28-40(38)43(41(42)44)39(37)27-33)36-25-31(15-11-7-3)22-32(26-36)16-12-8-4/h17-28H,5-16H2,1-4H3,(H2,42,44). The Morgan fingerprint density at radius 2 is 0.841 bits per heavy atom. The topological polar surface area (TPSA) is 48.0 Å². The van der Waals surface area contributed by atoms with E-state index in [1.54, 1.807) is 4.57 Å². The zero-order valence-electron chi connectivity index (χ0n) is 27.3. The normalized spacial score (nSPS) is 11.5. The van der Waals surface area contributed by atoms with Crippen LogP contribution in [0.25, 0.3) is 44.1 Å². The molecule has 0 bridgehead atoms. The van der Waals surface area contributed by atoms with Crippen LogP contribution >= 0.6 is 0 Å². The number of unbranched alkanes of at least 4 members (excludes halogenated alkanes) is 4. The maximum atomic E-state index is 13.1. The van der Waals surface area contributed by atoms with E-state index in [9.17, 15) is 4.79 Å². The Bertz CT molecular complexity index is 1570. The molecule has 3 nitrogen and oxygen atoms in total. The minimum Gasteiger partial charge on any atom is -0.351 e. The lowest BCUT2D eigenvalue weighted by atomic mass is 9.94. The second-order valence-corrected chi connectivity index (χ2v) is 12.6. The van der Waals surface area contributed by atoms with Crippen molar-refractivity contribution in [2.45, 2.75) is 105 Å². The third-order valence-electron chi connectivity index (χ3n) is 9.04. The third-order valence-corrected chi connectivity index (χ3v) is 9.04. The Kier molecular flexibility index (Phi) is 10.6. The van der Waals surface area contributed by atoms with E-state index < -0.39 is 6.03 Å². The minimum absolute atomic E-state index is 0.444. The van der Waals surface area contributed by atoms with E-state index in [1.165, 1.54) is 84.7 Å². The SMILES string of the molecule is CCCCc1cc(CCCC)cc(-c2ccc3c4ccc(-c5cc(CCCC)cc(CCCC)c5)cc4n(C(N)=O)c3c2)c1. The van der Waals surface area contributed by atoms with E-state index in [4.69, 9.17) is 5.73 Å². The quantitative estimate of drug-likeness (QED) is 0.138. The molecule has 0 radical (unpaired) electrons. The van der Waals surface area contributed by atoms with Gasteiger partial charge >= 0.3 is 6.03 Å². The molecule has 0 unspecified atom stereocenters. The summed E-state index contributed by atoms with van der Waals surface area (Å²) in [6.45, 7) is 8.99. The van der Waals surface area contributed by atoms with Crippen LogP contribution in [-0.4, -0.2) is 10.6 Å². The van der Waals surface area contributed by atoms with Crippen molar-refractivity contribution in [3.05, 3.63) is 95.1 Å². The van der Waals surface area contributed by atoms with Crippen molar-refractivity contribution in [1.29, 1.82) is 0 Å². The molecule has 0 aliphatic carbocycles. The third kappa shape index (κ3) is 7.09. The number of amides is 1. The molecule has 1 aromatic heterocycles. The maximum absolute atomic E-state index is 13.1. The van der Waals surface area contributed by atoms with Gasteiger partial charge in [0.1, 0.15) is 0 Å². The first-order chi connectivity index (χ1) is 21.4. The van der Waals surface area contributed by atoms with Gasteiger partial charge in [0.25, 0.3) is 0 Å². The molecule has 0 aliphatic heterocycles. The van der Waals surface area contributed by atoms with Crippen LogP contribution in [0.1, 0.15) is 101 Å². The molecule has 1 heterocycles. The lowest BCUT2D eigenvalue weighted by molar-refractivity contribution is 0.252. The van der Waals surface area contributed by atoms with Crippen LogP contribution in [0.4, 0.5) is 4.79 Å². The average Bonchev–Trinajstić information content (AvgIpc) is 3.37. The van der Waals surface area contributed by atoms with Gasteiger partial charge < -0.3 is 5.73 Å². The van der Waals surface area contributed by atoms with E-state index in [0.29, 0.717) is 0 Å². The molecule has 3 heteroatoms. The molecule has 0 atom stereocenters. The highest BCUT2D eigenvalue weighted by Gasteiger charge is 2.17. The summed E-state index contributed by atoms with van der Waals surface area (Å²) in [5.74, 6) is 0. The van der Waals surface area contributed by atoms with Gasteiger partial charge in [-0.2, -0.15) is 0 Å². The summed E-state index contributed by atoms with van der Waals surface area (Å²) in [4.78, 5) is 13.1. The molecule has 2 N–H and O–H groups in total. The summed E-state index contributed by atoms with van der Waals surface area (Å²) >= 11 is 0. The maximum Gasteiger partial charge on any atom is 0.323 e. The fraction of sp³-hybridized carbons (Fsp3) is 0.390. The van der Waals surface area contributed by atoms with E-state index in [0.717, 1.165) is 58.6 Å². The molecular formula is C41H50N2O. The first kappa shape index (κ1) is 31.6. The number of rotatable bonds is 14. The van der Waals surface area contributed by atoms with Gasteiger partial charge in [-0.1, -0.05) is 114 Å². The minimum atomic E-state index is -0.444. The van der Waals surface area contributed by atoms with Gasteiger partial charge in [0, 0.05) is 10.8 Å². The lowest BCUT2D eigenvalue weighted by Gasteiger charge is -2.11. The van der Waals surface area contributed by atoms with Crippen molar-refractivity contribution < 1.29 is 4.79 Å². The van der Waals surface area contributed by atoms with Crippen LogP contribution in [0.2, 0.25) is 0 Å². The first-order valence-corrected chi connectivity index (χ1v) is 17.1. The molecule has 0 aliphatic rings. The summed E-state index contributed by atoms with van der Waals surface area (Å²) in [5, 5.41) is 2.12. The highest BCUT2D eigenvalue weighted by atomic mass is 16.2. The van der Waals surface area contributed by atoms with Gasteiger partial charge in [-0.05, 0) is 108 Å². The van der Waals surface area contributed by atoms with Crippen molar-refractivity contribution >= 4 is 27.8 Å². The lowest BCUT2D eigenvalue weighted by Crippen LogP contribution is -2.18. The number of nitrogens with two attached hydrogens (primary N) is 1. The molecule has 4 aromatic carbocycles. The number of fused-ring (bicyclic) bond motifs is 3. The average molecular weight is 587 g/mol. The second-order valence-electron chi connectivity index (χ2n) is 12.6. The summed E-state index contributed by atoms with van der Waals surface area (Å²) in [5.41, 5.74) is 18.1. The Morgan fingerprint density at radius 1 is 0.500 bits per heavy atom. The predicted octanol–water partition coefficient (Wildman–Crippen LogP) is 11.4. The number of primary amides is 1. The van der Waals surface area contributed by atoms with E-state index >= 15 is 0 Å². The van der Waals surface area contributed by atoms with Crippen LogP contribution in [0.3, 0.4) is 0 Å². The Morgan fingerprint density at radius 3 is 1.14 bits per heavy atom. The number of benzene rings is 4. The van der Waals surface area contributed by atoms with Crippen molar-refractivity contribution in [3.8, 4) is 22.3 Å². The van der Waals surface area contributed by atoms with Crippen molar-refractivity contribution in [1.82, 2.24) is 4.57 Å². The molecule has 0 saturated carbocycles. The molecule has 230 valence electrons. The number of carbonyl (C=O) groups is 1. The summed E-state index contributed by atoms with van der Waals surface area (Å²) in [6, 6.07) is 26.8. The van der Waals surface area contributed by atoms with Crippen LogP contribution in [0.15, 0.2) is 72.8 Å². The van der Waals surface area contributed by atoms with Crippen molar-refractivity contribution in [3.63, 3.8) is 0 Å².